The van der Waals surface area contributed by atoms with E-state index in [0.717, 1.165) is 12.4 Å². The Morgan fingerprint density at radius 1 is 1.80 bits per heavy atom. The zero-order valence-corrected chi connectivity index (χ0v) is 5.91. The van der Waals surface area contributed by atoms with Crippen LogP contribution in [0.1, 0.15) is 0 Å². The number of hydrogen-bond donors (Lipinski definition) is 2. The maximum atomic E-state index is 5.27. The second-order valence-corrected chi connectivity index (χ2v) is 1.93. The molecule has 10 heavy (non-hydrogen) atoms. The molecule has 0 atom stereocenters. The van der Waals surface area contributed by atoms with E-state index >= 15 is 0 Å². The Labute approximate surface area is 59.2 Å². The minimum atomic E-state index is 0.608. The van der Waals surface area contributed by atoms with Crippen molar-refractivity contribution < 1.29 is 0 Å². The monoisotopic (exact) mass is 141 g/mol. The summed E-state index contributed by atoms with van der Waals surface area (Å²) in [5, 5.41) is 10.9. The Morgan fingerprint density at radius 2 is 2.60 bits per heavy atom. The average Bonchev–Trinajstić information content (AvgIpc) is 2.31. The molecule has 0 aliphatic heterocycles. The molecule has 0 unspecified atom stereocenters. The van der Waals surface area contributed by atoms with Crippen LogP contribution in [-0.4, -0.2) is 28.1 Å². The van der Waals surface area contributed by atoms with E-state index in [9.17, 15) is 0 Å². The highest BCUT2D eigenvalue weighted by Crippen LogP contribution is 1.94. The number of rotatable bonds is 3. The van der Waals surface area contributed by atoms with Crippen LogP contribution < -0.4 is 11.1 Å². The highest BCUT2D eigenvalue weighted by Gasteiger charge is 1.92. The number of aromatic nitrogens is 3. The van der Waals surface area contributed by atoms with E-state index in [1.54, 1.807) is 13.2 Å². The van der Waals surface area contributed by atoms with Crippen molar-refractivity contribution in [2.75, 3.05) is 18.4 Å². The summed E-state index contributed by atoms with van der Waals surface area (Å²) in [7, 11) is 1.77. The van der Waals surface area contributed by atoms with E-state index < -0.39 is 0 Å². The van der Waals surface area contributed by atoms with Crippen molar-refractivity contribution >= 4 is 5.82 Å². The third-order valence-corrected chi connectivity index (χ3v) is 1.05. The Morgan fingerprint density at radius 3 is 3.10 bits per heavy atom. The zero-order chi connectivity index (χ0) is 7.40. The number of anilines is 1. The normalized spacial score (nSPS) is 9.80. The second kappa shape index (κ2) is 3.17. The Balaban J connectivity index is 2.42. The first-order valence-electron chi connectivity index (χ1n) is 3.13. The standard InChI is InChI=1S/C5H11N5/c1-10-8-4-5(9-10)7-3-2-6/h4H,2-3,6H2,1H3,(H,7,9). The number of nitrogens with zero attached hydrogens (tertiary/aromatic N) is 3. The molecule has 3 N–H and O–H groups in total. The van der Waals surface area contributed by atoms with Gasteiger partial charge in [0.05, 0.1) is 6.20 Å². The molecule has 5 heteroatoms. The molecule has 0 saturated carbocycles. The molecule has 0 amide bonds. The van der Waals surface area contributed by atoms with Gasteiger partial charge in [-0.1, -0.05) is 0 Å². The topological polar surface area (TPSA) is 68.8 Å². The van der Waals surface area contributed by atoms with Gasteiger partial charge in [0.25, 0.3) is 0 Å². The van der Waals surface area contributed by atoms with Crippen LogP contribution in [-0.2, 0) is 7.05 Å². The summed E-state index contributed by atoms with van der Waals surface area (Å²) in [5.74, 6) is 0.771. The summed E-state index contributed by atoms with van der Waals surface area (Å²) in [5.41, 5.74) is 5.27. The quantitative estimate of drug-likeness (QED) is 0.577. The van der Waals surface area contributed by atoms with Crippen molar-refractivity contribution in [1.82, 2.24) is 15.0 Å². The van der Waals surface area contributed by atoms with Crippen molar-refractivity contribution in [3.05, 3.63) is 6.20 Å². The molecule has 1 rings (SSSR count). The molecule has 0 saturated heterocycles. The van der Waals surface area contributed by atoms with Gasteiger partial charge in [0.1, 0.15) is 0 Å². The highest BCUT2D eigenvalue weighted by molar-refractivity contribution is 5.28. The van der Waals surface area contributed by atoms with E-state index in [1.807, 2.05) is 0 Å². The lowest BCUT2D eigenvalue weighted by Crippen LogP contribution is -2.13. The van der Waals surface area contributed by atoms with Gasteiger partial charge in [-0.2, -0.15) is 9.90 Å². The van der Waals surface area contributed by atoms with E-state index in [-0.39, 0.29) is 0 Å². The number of hydrogen-bond acceptors (Lipinski definition) is 4. The molecule has 0 fully saturated rings. The molecule has 0 spiro atoms. The van der Waals surface area contributed by atoms with E-state index in [4.69, 9.17) is 5.73 Å². The van der Waals surface area contributed by atoms with Gasteiger partial charge < -0.3 is 11.1 Å². The number of nitrogens with two attached hydrogens (primary N) is 1. The third kappa shape index (κ3) is 1.70. The van der Waals surface area contributed by atoms with Crippen LogP contribution in [0, 0.1) is 0 Å². The summed E-state index contributed by atoms with van der Waals surface area (Å²) < 4.78 is 0. The highest BCUT2D eigenvalue weighted by atomic mass is 15.5. The minimum absolute atomic E-state index is 0.608. The SMILES string of the molecule is Cn1ncc(NCCN)n1. The lowest BCUT2D eigenvalue weighted by molar-refractivity contribution is 0.655. The van der Waals surface area contributed by atoms with E-state index in [0.29, 0.717) is 6.54 Å². The summed E-state index contributed by atoms with van der Waals surface area (Å²) in [4.78, 5) is 1.50. The molecule has 1 heterocycles. The fraction of sp³-hybridized carbons (Fsp3) is 0.600. The summed E-state index contributed by atoms with van der Waals surface area (Å²) in [6.45, 7) is 1.34. The molecule has 1 aromatic rings. The zero-order valence-electron chi connectivity index (χ0n) is 5.91. The predicted octanol–water partition coefficient (Wildman–Crippen LogP) is -0.814. The van der Waals surface area contributed by atoms with Crippen molar-refractivity contribution in [3.8, 4) is 0 Å². The first-order valence-corrected chi connectivity index (χ1v) is 3.13. The Bertz CT molecular complexity index is 194. The van der Waals surface area contributed by atoms with Crippen LogP contribution in [0.2, 0.25) is 0 Å². The van der Waals surface area contributed by atoms with Gasteiger partial charge >= 0.3 is 0 Å². The van der Waals surface area contributed by atoms with Gasteiger partial charge in [-0.15, -0.1) is 5.10 Å². The van der Waals surface area contributed by atoms with Crippen molar-refractivity contribution in [1.29, 1.82) is 0 Å². The van der Waals surface area contributed by atoms with Gasteiger partial charge in [0.2, 0.25) is 0 Å². The molecule has 0 aliphatic rings. The fourth-order valence-electron chi connectivity index (χ4n) is 0.627. The molecule has 0 aromatic carbocycles. The molecule has 1 aromatic heterocycles. The third-order valence-electron chi connectivity index (χ3n) is 1.05. The van der Waals surface area contributed by atoms with Gasteiger partial charge in [-0.05, 0) is 0 Å². The Kier molecular flexibility index (Phi) is 2.22. The molecule has 5 nitrogen and oxygen atoms in total. The molecule has 0 aliphatic carbocycles. The second-order valence-electron chi connectivity index (χ2n) is 1.93. The lowest BCUT2D eigenvalue weighted by atomic mass is 10.6. The van der Waals surface area contributed by atoms with Gasteiger partial charge in [0.15, 0.2) is 5.82 Å². The van der Waals surface area contributed by atoms with Crippen molar-refractivity contribution in [3.63, 3.8) is 0 Å². The molecule has 0 radical (unpaired) electrons. The lowest BCUT2D eigenvalue weighted by Gasteiger charge is -1.95. The van der Waals surface area contributed by atoms with Crippen LogP contribution in [0.4, 0.5) is 5.82 Å². The van der Waals surface area contributed by atoms with E-state index in [2.05, 4.69) is 15.5 Å². The fourth-order valence-corrected chi connectivity index (χ4v) is 0.627. The van der Waals surface area contributed by atoms with Crippen LogP contribution in [0.15, 0.2) is 6.20 Å². The average molecular weight is 141 g/mol. The first kappa shape index (κ1) is 7.01. The summed E-state index contributed by atoms with van der Waals surface area (Å²) in [6, 6.07) is 0. The number of aryl methyl sites for hydroxylation is 1. The largest absolute Gasteiger partial charge is 0.366 e. The molecular formula is C5H11N5. The van der Waals surface area contributed by atoms with Crippen LogP contribution in [0.5, 0.6) is 0 Å². The van der Waals surface area contributed by atoms with Crippen LogP contribution in [0.3, 0.4) is 0 Å². The van der Waals surface area contributed by atoms with Gasteiger partial charge in [0, 0.05) is 20.1 Å². The maximum Gasteiger partial charge on any atom is 0.168 e. The van der Waals surface area contributed by atoms with Gasteiger partial charge in [-0.3, -0.25) is 0 Å². The van der Waals surface area contributed by atoms with Crippen LogP contribution in [0.25, 0.3) is 0 Å². The molecular weight excluding hydrogens is 130 g/mol. The maximum absolute atomic E-state index is 5.27. The predicted molar refractivity (Wildman–Crippen MR) is 38.5 cm³/mol. The van der Waals surface area contributed by atoms with Gasteiger partial charge in [-0.25, -0.2) is 0 Å². The van der Waals surface area contributed by atoms with Crippen molar-refractivity contribution in [2.24, 2.45) is 12.8 Å². The van der Waals surface area contributed by atoms with E-state index in [1.165, 1.54) is 4.80 Å². The molecule has 0 bridgehead atoms. The minimum Gasteiger partial charge on any atom is -0.366 e. The smallest absolute Gasteiger partial charge is 0.168 e. The summed E-state index contributed by atoms with van der Waals surface area (Å²) in [6.07, 6.45) is 1.66. The Hall–Kier alpha value is -1.10. The molecule has 56 valence electrons. The van der Waals surface area contributed by atoms with Crippen LogP contribution >= 0.6 is 0 Å². The van der Waals surface area contributed by atoms with Crippen molar-refractivity contribution in [2.45, 2.75) is 0 Å². The first-order chi connectivity index (χ1) is 4.83. The number of nitrogens with one attached hydrogen (secondary N) is 1. The summed E-state index contributed by atoms with van der Waals surface area (Å²) >= 11 is 0.